The zero-order valence-electron chi connectivity index (χ0n) is 13.4. The Labute approximate surface area is 121 Å². The van der Waals surface area contributed by atoms with Gasteiger partial charge in [-0.3, -0.25) is 0 Å². The Balaban J connectivity index is 3.13. The third kappa shape index (κ3) is 15.4. The van der Waals surface area contributed by atoms with E-state index in [-0.39, 0.29) is 0 Å². The van der Waals surface area contributed by atoms with E-state index in [2.05, 4.69) is 19.9 Å². The van der Waals surface area contributed by atoms with Crippen molar-refractivity contribution >= 4 is 0 Å². The molecule has 0 aliphatic heterocycles. The Morgan fingerprint density at radius 2 is 1.21 bits per heavy atom. The molecular formula is C18H35N. The van der Waals surface area contributed by atoms with Gasteiger partial charge >= 0.3 is 0 Å². The van der Waals surface area contributed by atoms with Crippen molar-refractivity contribution in [2.45, 2.75) is 104 Å². The van der Waals surface area contributed by atoms with Gasteiger partial charge in [-0.1, -0.05) is 90.9 Å². The van der Waals surface area contributed by atoms with Crippen LogP contribution in [0.5, 0.6) is 0 Å². The monoisotopic (exact) mass is 265 g/mol. The van der Waals surface area contributed by atoms with Crippen molar-refractivity contribution in [3.8, 4) is 6.07 Å². The highest BCUT2D eigenvalue weighted by Crippen LogP contribution is 2.18. The van der Waals surface area contributed by atoms with Crippen LogP contribution in [0.2, 0.25) is 0 Å². The maximum Gasteiger partial charge on any atom is 0.0621 e. The second-order valence-electron chi connectivity index (χ2n) is 6.13. The largest absolute Gasteiger partial charge is 0.198 e. The fourth-order valence-corrected chi connectivity index (χ4v) is 2.64. The highest BCUT2D eigenvalue weighted by atomic mass is 14.2. The lowest BCUT2D eigenvalue weighted by Crippen LogP contribution is -1.95. The van der Waals surface area contributed by atoms with Gasteiger partial charge < -0.3 is 0 Å². The fourth-order valence-electron chi connectivity index (χ4n) is 2.64. The molecular weight excluding hydrogens is 230 g/mol. The van der Waals surface area contributed by atoms with Crippen molar-refractivity contribution in [1.82, 2.24) is 0 Å². The first-order valence-electron chi connectivity index (χ1n) is 8.68. The van der Waals surface area contributed by atoms with Crippen LogP contribution in [0.15, 0.2) is 0 Å². The van der Waals surface area contributed by atoms with Crippen LogP contribution in [0.25, 0.3) is 0 Å². The molecule has 0 rings (SSSR count). The second kappa shape index (κ2) is 15.5. The van der Waals surface area contributed by atoms with E-state index >= 15 is 0 Å². The Bertz CT molecular complexity index is 204. The summed E-state index contributed by atoms with van der Waals surface area (Å²) in [5.41, 5.74) is 0. The minimum atomic E-state index is 0.744. The predicted molar refractivity (Wildman–Crippen MR) is 85.1 cm³/mol. The molecule has 0 spiro atoms. The molecule has 1 nitrogen and oxygen atoms in total. The van der Waals surface area contributed by atoms with E-state index in [9.17, 15) is 0 Å². The van der Waals surface area contributed by atoms with Crippen LogP contribution in [0.1, 0.15) is 104 Å². The molecule has 19 heavy (non-hydrogen) atoms. The first-order valence-corrected chi connectivity index (χ1v) is 8.68. The minimum Gasteiger partial charge on any atom is -0.198 e. The third-order valence-electron chi connectivity index (χ3n) is 4.04. The SMILES string of the molecule is CCCCCCCCC(C)CCCCCCCC#N. The molecule has 0 aromatic rings. The number of rotatable bonds is 14. The highest BCUT2D eigenvalue weighted by molar-refractivity contribution is 4.67. The van der Waals surface area contributed by atoms with Crippen LogP contribution in [-0.2, 0) is 0 Å². The lowest BCUT2D eigenvalue weighted by atomic mass is 9.96. The van der Waals surface area contributed by atoms with Crippen LogP contribution >= 0.6 is 0 Å². The van der Waals surface area contributed by atoms with Crippen molar-refractivity contribution in [1.29, 1.82) is 5.26 Å². The Morgan fingerprint density at radius 1 is 0.737 bits per heavy atom. The predicted octanol–water partition coefficient (Wildman–Crippen LogP) is 6.63. The molecule has 0 amide bonds. The summed E-state index contributed by atoms with van der Waals surface area (Å²) in [5.74, 6) is 0.922. The van der Waals surface area contributed by atoms with Crippen molar-refractivity contribution in [2.75, 3.05) is 0 Å². The summed E-state index contributed by atoms with van der Waals surface area (Å²) in [7, 11) is 0. The quantitative estimate of drug-likeness (QED) is 0.323. The lowest BCUT2D eigenvalue weighted by Gasteiger charge is -2.10. The molecule has 1 atom stereocenters. The van der Waals surface area contributed by atoms with E-state index in [0.29, 0.717) is 0 Å². The zero-order chi connectivity index (χ0) is 14.2. The molecule has 0 heterocycles. The average molecular weight is 265 g/mol. The average Bonchev–Trinajstić information content (AvgIpc) is 2.41. The molecule has 0 saturated heterocycles. The summed E-state index contributed by atoms with van der Waals surface area (Å²) in [6.07, 6.45) is 18.6. The molecule has 0 fully saturated rings. The Kier molecular flexibility index (Phi) is 15.1. The topological polar surface area (TPSA) is 23.8 Å². The molecule has 0 N–H and O–H groups in total. The van der Waals surface area contributed by atoms with Crippen LogP contribution < -0.4 is 0 Å². The molecule has 1 unspecified atom stereocenters. The van der Waals surface area contributed by atoms with Gasteiger partial charge in [0.05, 0.1) is 6.07 Å². The molecule has 0 aliphatic rings. The molecule has 0 saturated carbocycles. The normalized spacial score (nSPS) is 12.3. The summed E-state index contributed by atoms with van der Waals surface area (Å²) in [6, 6.07) is 2.22. The number of nitrogens with zero attached hydrogens (tertiary/aromatic N) is 1. The zero-order valence-corrected chi connectivity index (χ0v) is 13.4. The summed E-state index contributed by atoms with van der Waals surface area (Å²) < 4.78 is 0. The van der Waals surface area contributed by atoms with Gasteiger partial charge in [0.15, 0.2) is 0 Å². The van der Waals surface area contributed by atoms with Crippen molar-refractivity contribution in [2.24, 2.45) is 5.92 Å². The number of nitriles is 1. The van der Waals surface area contributed by atoms with E-state index in [1.54, 1.807) is 0 Å². The summed E-state index contributed by atoms with van der Waals surface area (Å²) >= 11 is 0. The Morgan fingerprint density at radius 3 is 1.74 bits per heavy atom. The van der Waals surface area contributed by atoms with E-state index < -0.39 is 0 Å². The van der Waals surface area contributed by atoms with Crippen LogP contribution in [0, 0.1) is 17.2 Å². The van der Waals surface area contributed by atoms with Gasteiger partial charge in [0, 0.05) is 6.42 Å². The second-order valence-corrected chi connectivity index (χ2v) is 6.13. The van der Waals surface area contributed by atoms with Gasteiger partial charge in [0.2, 0.25) is 0 Å². The van der Waals surface area contributed by atoms with E-state index in [4.69, 9.17) is 5.26 Å². The van der Waals surface area contributed by atoms with Crippen molar-refractivity contribution < 1.29 is 0 Å². The van der Waals surface area contributed by atoms with Crippen LogP contribution in [0.4, 0.5) is 0 Å². The number of unbranched alkanes of at least 4 members (excludes halogenated alkanes) is 10. The van der Waals surface area contributed by atoms with E-state index in [0.717, 1.165) is 18.8 Å². The summed E-state index contributed by atoms with van der Waals surface area (Å²) in [6.45, 7) is 4.70. The molecule has 0 aliphatic carbocycles. The molecule has 0 aromatic heterocycles. The standard InChI is InChI=1S/C18H35N/c1-3-4-5-6-9-12-15-18(2)16-13-10-7-8-11-14-17-19/h18H,3-16H2,1-2H3. The summed E-state index contributed by atoms with van der Waals surface area (Å²) in [5, 5.41) is 8.44. The summed E-state index contributed by atoms with van der Waals surface area (Å²) in [4.78, 5) is 0. The molecule has 0 aromatic carbocycles. The third-order valence-corrected chi connectivity index (χ3v) is 4.04. The van der Waals surface area contributed by atoms with Crippen LogP contribution in [0.3, 0.4) is 0 Å². The smallest absolute Gasteiger partial charge is 0.0621 e. The molecule has 0 bridgehead atoms. The van der Waals surface area contributed by atoms with Gasteiger partial charge in [-0.05, 0) is 12.3 Å². The number of hydrogen-bond acceptors (Lipinski definition) is 1. The Hall–Kier alpha value is -0.510. The molecule has 1 heteroatoms. The lowest BCUT2D eigenvalue weighted by molar-refractivity contribution is 0.432. The van der Waals surface area contributed by atoms with Crippen LogP contribution in [-0.4, -0.2) is 0 Å². The fraction of sp³-hybridized carbons (Fsp3) is 0.944. The van der Waals surface area contributed by atoms with E-state index in [1.807, 2.05) is 0 Å². The van der Waals surface area contributed by atoms with Gasteiger partial charge in [-0.15, -0.1) is 0 Å². The van der Waals surface area contributed by atoms with Gasteiger partial charge in [-0.2, -0.15) is 5.26 Å². The maximum atomic E-state index is 8.44. The molecule has 112 valence electrons. The van der Waals surface area contributed by atoms with Crippen molar-refractivity contribution in [3.63, 3.8) is 0 Å². The number of hydrogen-bond donors (Lipinski definition) is 0. The first kappa shape index (κ1) is 18.5. The molecule has 0 radical (unpaired) electrons. The maximum absolute atomic E-state index is 8.44. The van der Waals surface area contributed by atoms with Crippen molar-refractivity contribution in [3.05, 3.63) is 0 Å². The van der Waals surface area contributed by atoms with Gasteiger partial charge in [-0.25, -0.2) is 0 Å². The first-order chi connectivity index (χ1) is 9.31. The minimum absolute atomic E-state index is 0.744. The van der Waals surface area contributed by atoms with Gasteiger partial charge in [0.25, 0.3) is 0 Å². The van der Waals surface area contributed by atoms with Gasteiger partial charge in [0.1, 0.15) is 0 Å². The highest BCUT2D eigenvalue weighted by Gasteiger charge is 2.01. The van der Waals surface area contributed by atoms with E-state index in [1.165, 1.54) is 77.0 Å².